The first kappa shape index (κ1) is 17.1. The summed E-state index contributed by atoms with van der Waals surface area (Å²) in [4.78, 5) is 13.1. The van der Waals surface area contributed by atoms with Crippen LogP contribution in [0.2, 0.25) is 15.1 Å². The monoisotopic (exact) mass is 357 g/mol. The summed E-state index contributed by atoms with van der Waals surface area (Å²) in [7, 11) is 1.92. The van der Waals surface area contributed by atoms with Crippen LogP contribution < -0.4 is 10.2 Å². The Bertz CT molecular complexity index is 676. The van der Waals surface area contributed by atoms with Crippen LogP contribution in [0.15, 0.2) is 42.5 Å². The number of carbonyl (C=O) groups excluding carboxylic acids is 1. The lowest BCUT2D eigenvalue weighted by Crippen LogP contribution is -3.08. The first-order valence-corrected chi connectivity index (χ1v) is 7.89. The molecular formula is C16H16Cl3N2O+. The maximum atomic E-state index is 12.1. The summed E-state index contributed by atoms with van der Waals surface area (Å²) in [6.07, 6.45) is 0. The van der Waals surface area contributed by atoms with Gasteiger partial charge in [-0.25, -0.2) is 0 Å². The smallest absolute Gasteiger partial charge is 0.279 e. The fourth-order valence-corrected chi connectivity index (χ4v) is 2.67. The van der Waals surface area contributed by atoms with Gasteiger partial charge in [0.05, 0.1) is 27.8 Å². The topological polar surface area (TPSA) is 33.5 Å². The highest BCUT2D eigenvalue weighted by atomic mass is 35.5. The van der Waals surface area contributed by atoms with E-state index in [0.29, 0.717) is 33.8 Å². The van der Waals surface area contributed by atoms with E-state index in [2.05, 4.69) is 5.32 Å². The van der Waals surface area contributed by atoms with Gasteiger partial charge in [0.1, 0.15) is 6.54 Å². The molecule has 3 nitrogen and oxygen atoms in total. The van der Waals surface area contributed by atoms with Gasteiger partial charge in [0.2, 0.25) is 0 Å². The van der Waals surface area contributed by atoms with E-state index in [1.54, 1.807) is 18.2 Å². The highest BCUT2D eigenvalue weighted by Gasteiger charge is 2.14. The van der Waals surface area contributed by atoms with Crippen LogP contribution in [0.4, 0.5) is 5.69 Å². The van der Waals surface area contributed by atoms with Crippen molar-refractivity contribution in [2.45, 2.75) is 6.54 Å². The Morgan fingerprint density at radius 2 is 1.73 bits per heavy atom. The van der Waals surface area contributed by atoms with E-state index in [1.807, 2.05) is 31.3 Å². The fourth-order valence-electron chi connectivity index (χ4n) is 2.10. The van der Waals surface area contributed by atoms with Crippen LogP contribution in [-0.2, 0) is 11.3 Å². The second-order valence-electron chi connectivity index (χ2n) is 5.05. The van der Waals surface area contributed by atoms with Gasteiger partial charge in [-0.3, -0.25) is 4.79 Å². The summed E-state index contributed by atoms with van der Waals surface area (Å²) in [5, 5.41) is 4.38. The molecule has 0 spiro atoms. The van der Waals surface area contributed by atoms with Crippen molar-refractivity contribution in [1.82, 2.24) is 0 Å². The molecule has 0 aromatic heterocycles. The molecule has 0 radical (unpaired) electrons. The Morgan fingerprint density at radius 1 is 1.05 bits per heavy atom. The molecule has 0 bridgehead atoms. The Hall–Kier alpha value is -1.26. The molecule has 1 amide bonds. The summed E-state index contributed by atoms with van der Waals surface area (Å²) in [6, 6.07) is 12.6. The average molecular weight is 359 g/mol. The lowest BCUT2D eigenvalue weighted by molar-refractivity contribution is -0.885. The molecule has 0 fully saturated rings. The molecule has 0 saturated heterocycles. The van der Waals surface area contributed by atoms with E-state index in [4.69, 9.17) is 34.8 Å². The largest absolute Gasteiger partial charge is 0.326 e. The van der Waals surface area contributed by atoms with Gasteiger partial charge in [0, 0.05) is 5.56 Å². The van der Waals surface area contributed by atoms with Crippen molar-refractivity contribution in [3.05, 3.63) is 63.1 Å². The molecule has 2 N–H and O–H groups in total. The van der Waals surface area contributed by atoms with Gasteiger partial charge >= 0.3 is 0 Å². The molecule has 0 aliphatic carbocycles. The molecule has 6 heteroatoms. The first-order valence-electron chi connectivity index (χ1n) is 6.76. The van der Waals surface area contributed by atoms with Gasteiger partial charge < -0.3 is 10.2 Å². The number of benzene rings is 2. The van der Waals surface area contributed by atoms with E-state index in [9.17, 15) is 4.79 Å². The second-order valence-corrected chi connectivity index (χ2v) is 6.24. The van der Waals surface area contributed by atoms with Crippen LogP contribution in [0.1, 0.15) is 5.56 Å². The lowest BCUT2D eigenvalue weighted by Gasteiger charge is -2.15. The summed E-state index contributed by atoms with van der Waals surface area (Å²) in [5.41, 5.74) is 1.53. The highest BCUT2D eigenvalue weighted by Crippen LogP contribution is 2.24. The fraction of sp³-hybridized carbons (Fsp3) is 0.188. The Balaban J connectivity index is 1.94. The van der Waals surface area contributed by atoms with Crippen molar-refractivity contribution in [3.63, 3.8) is 0 Å². The lowest BCUT2D eigenvalue weighted by atomic mass is 10.2. The van der Waals surface area contributed by atoms with Crippen molar-refractivity contribution < 1.29 is 9.69 Å². The highest BCUT2D eigenvalue weighted by molar-refractivity contribution is 6.42. The number of nitrogens with one attached hydrogen (secondary N) is 2. The summed E-state index contributed by atoms with van der Waals surface area (Å²) >= 11 is 18.2. The number of halogens is 3. The maximum Gasteiger partial charge on any atom is 0.279 e. The Kier molecular flexibility index (Phi) is 6.09. The average Bonchev–Trinajstić information content (AvgIpc) is 2.46. The van der Waals surface area contributed by atoms with Crippen molar-refractivity contribution in [2.24, 2.45) is 0 Å². The van der Waals surface area contributed by atoms with Crippen LogP contribution in [0.3, 0.4) is 0 Å². The summed E-state index contributed by atoms with van der Waals surface area (Å²) in [5.74, 6) is -0.108. The molecule has 1 atom stereocenters. The summed E-state index contributed by atoms with van der Waals surface area (Å²) < 4.78 is 0. The number of rotatable bonds is 5. The van der Waals surface area contributed by atoms with Crippen LogP contribution in [0.5, 0.6) is 0 Å². The Morgan fingerprint density at radius 3 is 2.45 bits per heavy atom. The zero-order chi connectivity index (χ0) is 16.1. The molecule has 2 aromatic rings. The standard InChI is InChI=1S/C16H15Cl3N2O/c1-21(9-11-5-4-7-13(18)16(11)19)10-15(22)20-14-8-3-2-6-12(14)17/h2-8H,9-10H2,1H3,(H,20,22)/p+1. The van der Waals surface area contributed by atoms with Crippen molar-refractivity contribution >= 4 is 46.4 Å². The zero-order valence-electron chi connectivity index (χ0n) is 12.0. The van der Waals surface area contributed by atoms with Crippen molar-refractivity contribution in [2.75, 3.05) is 18.9 Å². The van der Waals surface area contributed by atoms with Crippen molar-refractivity contribution in [3.8, 4) is 0 Å². The molecule has 0 saturated carbocycles. The molecular weight excluding hydrogens is 343 g/mol. The van der Waals surface area contributed by atoms with Gasteiger partial charge in [0.25, 0.3) is 5.91 Å². The minimum Gasteiger partial charge on any atom is -0.326 e. The van der Waals surface area contributed by atoms with Gasteiger partial charge in [0.15, 0.2) is 6.54 Å². The number of carbonyl (C=O) groups is 1. The minimum absolute atomic E-state index is 0.108. The molecule has 2 aromatic carbocycles. The van der Waals surface area contributed by atoms with E-state index >= 15 is 0 Å². The number of anilines is 1. The zero-order valence-corrected chi connectivity index (χ0v) is 14.3. The van der Waals surface area contributed by atoms with Gasteiger partial charge in [-0.05, 0) is 18.2 Å². The minimum atomic E-state index is -0.108. The van der Waals surface area contributed by atoms with Crippen LogP contribution in [0.25, 0.3) is 0 Å². The molecule has 2 rings (SSSR count). The van der Waals surface area contributed by atoms with E-state index in [1.165, 1.54) is 0 Å². The molecule has 22 heavy (non-hydrogen) atoms. The Labute approximate surface area is 144 Å². The first-order chi connectivity index (χ1) is 10.5. The third-order valence-electron chi connectivity index (χ3n) is 3.13. The van der Waals surface area contributed by atoms with Gasteiger partial charge in [-0.2, -0.15) is 0 Å². The molecule has 0 aliphatic heterocycles. The SMILES string of the molecule is C[NH+](CC(=O)Nc1ccccc1Cl)Cc1cccc(Cl)c1Cl. The van der Waals surface area contributed by atoms with Crippen LogP contribution in [-0.4, -0.2) is 19.5 Å². The van der Waals surface area contributed by atoms with E-state index < -0.39 is 0 Å². The third-order valence-corrected chi connectivity index (χ3v) is 4.32. The van der Waals surface area contributed by atoms with E-state index in [-0.39, 0.29) is 5.91 Å². The van der Waals surface area contributed by atoms with Gasteiger partial charge in [-0.15, -0.1) is 0 Å². The van der Waals surface area contributed by atoms with Crippen molar-refractivity contribution in [1.29, 1.82) is 0 Å². The van der Waals surface area contributed by atoms with E-state index in [0.717, 1.165) is 10.5 Å². The molecule has 1 unspecified atom stereocenters. The quantitative estimate of drug-likeness (QED) is 0.845. The maximum absolute atomic E-state index is 12.1. The number of hydrogen-bond donors (Lipinski definition) is 2. The molecule has 0 aliphatic rings. The summed E-state index contributed by atoms with van der Waals surface area (Å²) in [6.45, 7) is 0.906. The third kappa shape index (κ3) is 4.62. The van der Waals surface area contributed by atoms with Gasteiger partial charge in [-0.1, -0.05) is 59.1 Å². The molecule has 116 valence electrons. The van der Waals surface area contributed by atoms with Crippen LogP contribution >= 0.6 is 34.8 Å². The van der Waals surface area contributed by atoms with Crippen LogP contribution in [0, 0.1) is 0 Å². The number of amides is 1. The predicted molar refractivity (Wildman–Crippen MR) is 92.0 cm³/mol. The number of quaternary nitrogens is 1. The molecule has 0 heterocycles. The number of likely N-dealkylation sites (N-methyl/N-ethyl adjacent to an activating group) is 1. The number of para-hydroxylation sites is 1. The normalized spacial score (nSPS) is 12.0. The number of hydrogen-bond acceptors (Lipinski definition) is 1. The second kappa shape index (κ2) is 7.84. The predicted octanol–water partition coefficient (Wildman–Crippen LogP) is 3.30.